The van der Waals surface area contributed by atoms with Gasteiger partial charge in [-0.3, -0.25) is 4.57 Å². The summed E-state index contributed by atoms with van der Waals surface area (Å²) in [6.45, 7) is 1.86. The van der Waals surface area contributed by atoms with Crippen molar-refractivity contribution in [2.45, 2.75) is 6.92 Å². The van der Waals surface area contributed by atoms with Crippen LogP contribution in [0.3, 0.4) is 0 Å². The molecule has 0 fully saturated rings. The Morgan fingerprint density at radius 3 is 2.80 bits per heavy atom. The van der Waals surface area contributed by atoms with E-state index in [9.17, 15) is 4.39 Å². The maximum Gasteiger partial charge on any atom is 0.207 e. The highest BCUT2D eigenvalue weighted by molar-refractivity contribution is 5.80. The van der Waals surface area contributed by atoms with E-state index in [0.717, 1.165) is 16.9 Å². The van der Waals surface area contributed by atoms with Gasteiger partial charge in [0.1, 0.15) is 17.1 Å². The molecule has 20 heavy (non-hydrogen) atoms. The molecule has 0 radical (unpaired) electrons. The molecule has 6 nitrogen and oxygen atoms in total. The number of rotatable bonds is 2. The molecule has 0 aliphatic heterocycles. The van der Waals surface area contributed by atoms with Gasteiger partial charge in [-0.2, -0.15) is 5.10 Å². The number of aryl methyl sites for hydroxylation is 2. The minimum atomic E-state index is -0.373. The number of halogens is 1. The second kappa shape index (κ2) is 4.22. The van der Waals surface area contributed by atoms with Crippen LogP contribution >= 0.6 is 0 Å². The number of imidazole rings is 1. The molecule has 0 spiro atoms. The zero-order valence-corrected chi connectivity index (χ0v) is 11.4. The highest BCUT2D eigenvalue weighted by atomic mass is 19.1. The lowest BCUT2D eigenvalue weighted by molar-refractivity contribution is 0.409. The van der Waals surface area contributed by atoms with Gasteiger partial charge in [-0.1, -0.05) is 0 Å². The molecule has 0 amide bonds. The number of hydrogen-bond donors (Lipinski definition) is 1. The molecule has 0 atom stereocenters. The number of benzene rings is 1. The number of aromatic nitrogens is 4. The van der Waals surface area contributed by atoms with Gasteiger partial charge >= 0.3 is 0 Å². The Kier molecular flexibility index (Phi) is 2.63. The van der Waals surface area contributed by atoms with Crippen molar-refractivity contribution in [3.05, 3.63) is 29.7 Å². The summed E-state index contributed by atoms with van der Waals surface area (Å²) in [6.07, 6.45) is 0. The monoisotopic (exact) mass is 275 g/mol. The van der Waals surface area contributed by atoms with Gasteiger partial charge in [-0.25, -0.2) is 14.1 Å². The Balaban J connectivity index is 2.37. The number of fused-ring (bicyclic) bond motifs is 1. The largest absolute Gasteiger partial charge is 0.494 e. The second-order valence-corrected chi connectivity index (χ2v) is 4.50. The van der Waals surface area contributed by atoms with Crippen LogP contribution in [0.15, 0.2) is 18.2 Å². The number of methoxy groups -OCH3 is 1. The minimum Gasteiger partial charge on any atom is -0.494 e. The Morgan fingerprint density at radius 1 is 1.35 bits per heavy atom. The fourth-order valence-corrected chi connectivity index (χ4v) is 2.36. The van der Waals surface area contributed by atoms with Crippen molar-refractivity contribution in [3.63, 3.8) is 0 Å². The lowest BCUT2D eigenvalue weighted by atomic mass is 10.2. The van der Waals surface area contributed by atoms with Crippen LogP contribution in [0.5, 0.6) is 5.75 Å². The topological polar surface area (TPSA) is 70.9 Å². The first-order chi connectivity index (χ1) is 9.52. The SMILES string of the molecule is COc1cc(F)ccc1-n1c(N)nc2c(C)nn(C)c21. The van der Waals surface area contributed by atoms with Crippen LogP contribution in [0.2, 0.25) is 0 Å². The van der Waals surface area contributed by atoms with Gasteiger partial charge in [0.15, 0.2) is 5.65 Å². The highest BCUT2D eigenvalue weighted by Gasteiger charge is 2.19. The lowest BCUT2D eigenvalue weighted by Crippen LogP contribution is -2.06. The first kappa shape index (κ1) is 12.5. The van der Waals surface area contributed by atoms with Gasteiger partial charge in [0, 0.05) is 13.1 Å². The summed E-state index contributed by atoms with van der Waals surface area (Å²) in [7, 11) is 3.29. The molecule has 2 N–H and O–H groups in total. The number of nitrogens with two attached hydrogens (primary N) is 1. The zero-order valence-electron chi connectivity index (χ0n) is 11.4. The second-order valence-electron chi connectivity index (χ2n) is 4.50. The van der Waals surface area contributed by atoms with E-state index in [2.05, 4.69) is 10.1 Å². The molecule has 0 bridgehead atoms. The summed E-state index contributed by atoms with van der Waals surface area (Å²) in [5.41, 5.74) is 8.86. The normalized spacial score (nSPS) is 11.2. The summed E-state index contributed by atoms with van der Waals surface area (Å²) < 4.78 is 21.9. The van der Waals surface area contributed by atoms with Crippen LogP contribution in [0.25, 0.3) is 16.9 Å². The van der Waals surface area contributed by atoms with E-state index in [4.69, 9.17) is 10.5 Å². The Bertz CT molecular complexity index is 805. The van der Waals surface area contributed by atoms with Crippen LogP contribution in [0, 0.1) is 12.7 Å². The van der Waals surface area contributed by atoms with Crippen molar-refractivity contribution in [1.29, 1.82) is 0 Å². The first-order valence-corrected chi connectivity index (χ1v) is 6.04. The maximum absolute atomic E-state index is 13.3. The fourth-order valence-electron chi connectivity index (χ4n) is 2.36. The standard InChI is InChI=1S/C13H14FN5O/c1-7-11-12(18(2)17-7)19(13(15)16-11)9-5-4-8(14)6-10(9)20-3/h4-6H,1-3H3,(H2,15,16). The molecule has 0 aliphatic carbocycles. The van der Waals surface area contributed by atoms with Gasteiger partial charge in [0.25, 0.3) is 0 Å². The molecule has 0 saturated heterocycles. The molecule has 3 rings (SSSR count). The van der Waals surface area contributed by atoms with Crippen LogP contribution in [0.4, 0.5) is 10.3 Å². The van der Waals surface area contributed by atoms with E-state index in [-0.39, 0.29) is 5.82 Å². The van der Waals surface area contributed by atoms with Crippen molar-refractivity contribution in [2.75, 3.05) is 12.8 Å². The smallest absolute Gasteiger partial charge is 0.207 e. The van der Waals surface area contributed by atoms with E-state index in [1.165, 1.54) is 19.2 Å². The van der Waals surface area contributed by atoms with Crippen molar-refractivity contribution < 1.29 is 9.13 Å². The molecule has 104 valence electrons. The fraction of sp³-hybridized carbons (Fsp3) is 0.231. The van der Waals surface area contributed by atoms with Crippen LogP contribution in [-0.4, -0.2) is 26.4 Å². The molecule has 1 aromatic carbocycles. The van der Waals surface area contributed by atoms with E-state index in [1.54, 1.807) is 15.3 Å². The van der Waals surface area contributed by atoms with E-state index in [0.29, 0.717) is 17.4 Å². The Hall–Kier alpha value is -2.57. The average Bonchev–Trinajstić information content (AvgIpc) is 2.88. The minimum absolute atomic E-state index is 0.306. The maximum atomic E-state index is 13.3. The van der Waals surface area contributed by atoms with E-state index < -0.39 is 0 Å². The van der Waals surface area contributed by atoms with Gasteiger partial charge in [-0.05, 0) is 19.1 Å². The van der Waals surface area contributed by atoms with Gasteiger partial charge in [0.2, 0.25) is 5.95 Å². The van der Waals surface area contributed by atoms with Crippen LogP contribution < -0.4 is 10.5 Å². The molecule has 0 unspecified atom stereocenters. The third-order valence-electron chi connectivity index (χ3n) is 3.21. The van der Waals surface area contributed by atoms with Crippen molar-refractivity contribution in [3.8, 4) is 11.4 Å². The molecular formula is C13H14FN5O. The molecule has 0 aliphatic rings. The molecule has 0 saturated carbocycles. The van der Waals surface area contributed by atoms with Crippen molar-refractivity contribution in [2.24, 2.45) is 7.05 Å². The summed E-state index contributed by atoms with van der Waals surface area (Å²) in [5.74, 6) is 0.317. The first-order valence-electron chi connectivity index (χ1n) is 6.04. The molecule has 2 aromatic heterocycles. The van der Waals surface area contributed by atoms with E-state index in [1.807, 2.05) is 14.0 Å². The van der Waals surface area contributed by atoms with Crippen molar-refractivity contribution in [1.82, 2.24) is 19.3 Å². The van der Waals surface area contributed by atoms with Crippen LogP contribution in [-0.2, 0) is 7.05 Å². The summed E-state index contributed by atoms with van der Waals surface area (Å²) in [5, 5.41) is 4.31. The number of nitrogen functional groups attached to an aromatic ring is 1. The van der Waals surface area contributed by atoms with E-state index >= 15 is 0 Å². The molecule has 3 aromatic rings. The predicted molar refractivity (Wildman–Crippen MR) is 73.5 cm³/mol. The quantitative estimate of drug-likeness (QED) is 0.774. The Morgan fingerprint density at radius 2 is 2.10 bits per heavy atom. The Labute approximate surface area is 114 Å². The van der Waals surface area contributed by atoms with Crippen molar-refractivity contribution >= 4 is 17.1 Å². The summed E-state index contributed by atoms with van der Waals surface area (Å²) in [4.78, 5) is 4.32. The van der Waals surface area contributed by atoms with Gasteiger partial charge < -0.3 is 10.5 Å². The van der Waals surface area contributed by atoms with Gasteiger partial charge in [-0.15, -0.1) is 0 Å². The average molecular weight is 275 g/mol. The molecule has 7 heteroatoms. The predicted octanol–water partition coefficient (Wildman–Crippen LogP) is 1.80. The number of anilines is 1. The zero-order chi connectivity index (χ0) is 14.4. The third kappa shape index (κ3) is 1.63. The van der Waals surface area contributed by atoms with Gasteiger partial charge in [0.05, 0.1) is 18.5 Å². The third-order valence-corrected chi connectivity index (χ3v) is 3.21. The number of nitrogens with zero attached hydrogens (tertiary/aromatic N) is 4. The number of hydrogen-bond acceptors (Lipinski definition) is 4. The summed E-state index contributed by atoms with van der Waals surface area (Å²) in [6, 6.07) is 4.27. The van der Waals surface area contributed by atoms with Crippen LogP contribution in [0.1, 0.15) is 5.69 Å². The highest BCUT2D eigenvalue weighted by Crippen LogP contribution is 2.30. The summed E-state index contributed by atoms with van der Waals surface area (Å²) >= 11 is 0. The lowest BCUT2D eigenvalue weighted by Gasteiger charge is -2.11. The number of ether oxygens (including phenoxy) is 1. The molecule has 2 heterocycles. The molecular weight excluding hydrogens is 261 g/mol.